The van der Waals surface area contributed by atoms with Gasteiger partial charge in [0.15, 0.2) is 11.5 Å². The van der Waals surface area contributed by atoms with Gasteiger partial charge in [0.05, 0.1) is 20.5 Å². The Morgan fingerprint density at radius 3 is 2.75 bits per heavy atom. The Morgan fingerprint density at radius 1 is 1.09 bits per heavy atom. The molecule has 6 nitrogen and oxygen atoms in total. The van der Waals surface area contributed by atoms with Gasteiger partial charge in [-0.3, -0.25) is 4.79 Å². The lowest BCUT2D eigenvalue weighted by Crippen LogP contribution is -2.40. The molecule has 164 valence electrons. The molecule has 0 spiro atoms. The number of nitrogens with one attached hydrogen (secondary N) is 1. The maximum atomic E-state index is 13.5. The van der Waals surface area contributed by atoms with Crippen molar-refractivity contribution in [3.05, 3.63) is 83.4 Å². The molecule has 0 saturated heterocycles. The van der Waals surface area contributed by atoms with Crippen LogP contribution in [0.5, 0.6) is 11.5 Å². The average molecular weight is 431 g/mol. The van der Waals surface area contributed by atoms with Crippen molar-refractivity contribution in [2.24, 2.45) is 0 Å². The molecule has 1 atom stereocenters. The molecule has 32 heavy (non-hydrogen) atoms. The Bertz CT molecular complexity index is 1240. The molecular formula is C26H26N2O4. The van der Waals surface area contributed by atoms with E-state index < -0.39 is 0 Å². The number of rotatable bonds is 6. The first kappa shape index (κ1) is 20.2. The van der Waals surface area contributed by atoms with Crippen molar-refractivity contribution in [1.29, 1.82) is 0 Å². The van der Waals surface area contributed by atoms with E-state index in [1.807, 2.05) is 41.3 Å². The highest BCUT2D eigenvalue weighted by Gasteiger charge is 2.36. The van der Waals surface area contributed by atoms with E-state index in [1.165, 1.54) is 10.9 Å². The van der Waals surface area contributed by atoms with Gasteiger partial charge in [0.2, 0.25) is 5.91 Å². The number of H-pyrrole nitrogens is 1. The lowest BCUT2D eigenvalue weighted by Gasteiger charge is -2.37. The second-order valence-corrected chi connectivity index (χ2v) is 7.96. The summed E-state index contributed by atoms with van der Waals surface area (Å²) in [5, 5.41) is 1.21. The first-order valence-corrected chi connectivity index (χ1v) is 10.8. The van der Waals surface area contributed by atoms with Crippen molar-refractivity contribution in [1.82, 2.24) is 9.88 Å². The molecule has 0 radical (unpaired) electrons. The summed E-state index contributed by atoms with van der Waals surface area (Å²) in [5.41, 5.74) is 4.28. The Hall–Kier alpha value is -3.67. The van der Waals surface area contributed by atoms with Crippen LogP contribution < -0.4 is 9.47 Å². The zero-order valence-electron chi connectivity index (χ0n) is 18.3. The fraction of sp³-hybridized carbons (Fsp3) is 0.269. The second kappa shape index (κ2) is 8.46. The largest absolute Gasteiger partial charge is 0.493 e. The Labute approximate surface area is 186 Å². The number of aromatic nitrogens is 1. The van der Waals surface area contributed by atoms with Gasteiger partial charge in [-0.1, -0.05) is 30.3 Å². The molecule has 0 aliphatic carbocycles. The van der Waals surface area contributed by atoms with Crippen LogP contribution in [0, 0.1) is 0 Å². The molecule has 1 aliphatic heterocycles. The van der Waals surface area contributed by atoms with Crippen LogP contribution in [0.2, 0.25) is 0 Å². The number of amides is 1. The Balaban J connectivity index is 1.60. The summed E-state index contributed by atoms with van der Waals surface area (Å²) >= 11 is 0. The third kappa shape index (κ3) is 3.42. The lowest BCUT2D eigenvalue weighted by atomic mass is 9.91. The minimum absolute atomic E-state index is 0.0839. The van der Waals surface area contributed by atoms with Gasteiger partial charge >= 0.3 is 0 Å². The molecule has 2 aromatic heterocycles. The van der Waals surface area contributed by atoms with Gasteiger partial charge in [0.25, 0.3) is 0 Å². The number of ether oxygens (including phenoxy) is 2. The number of benzene rings is 2. The summed E-state index contributed by atoms with van der Waals surface area (Å²) in [6.07, 6.45) is 3.39. The number of carbonyl (C=O) groups is 1. The minimum Gasteiger partial charge on any atom is -0.493 e. The molecule has 4 aromatic rings. The van der Waals surface area contributed by atoms with Gasteiger partial charge < -0.3 is 23.8 Å². The van der Waals surface area contributed by atoms with Crippen LogP contribution >= 0.6 is 0 Å². The van der Waals surface area contributed by atoms with E-state index in [0.29, 0.717) is 30.9 Å². The van der Waals surface area contributed by atoms with E-state index in [2.05, 4.69) is 23.2 Å². The first-order chi connectivity index (χ1) is 15.7. The lowest BCUT2D eigenvalue weighted by molar-refractivity contribution is -0.133. The van der Waals surface area contributed by atoms with Crippen molar-refractivity contribution in [2.75, 3.05) is 20.8 Å². The molecule has 0 unspecified atom stereocenters. The number of hydrogen-bond acceptors (Lipinski definition) is 4. The monoisotopic (exact) mass is 430 g/mol. The maximum absolute atomic E-state index is 13.5. The van der Waals surface area contributed by atoms with Gasteiger partial charge in [-0.2, -0.15) is 0 Å². The summed E-state index contributed by atoms with van der Waals surface area (Å²) in [7, 11) is 3.27. The SMILES string of the molecule is COc1cccc([C@H]2c3[nH]c4ccccc4c3CCN2C(=O)CCc2ccco2)c1OC. The smallest absolute Gasteiger partial charge is 0.223 e. The predicted octanol–water partition coefficient (Wildman–Crippen LogP) is 4.89. The van der Waals surface area contributed by atoms with Crippen LogP contribution in [0.1, 0.15) is 35.0 Å². The van der Waals surface area contributed by atoms with E-state index in [1.54, 1.807) is 20.5 Å². The number of carbonyl (C=O) groups excluding carboxylic acids is 1. The van der Waals surface area contributed by atoms with Crippen molar-refractivity contribution in [2.45, 2.75) is 25.3 Å². The Kier molecular flexibility index (Phi) is 5.35. The zero-order valence-corrected chi connectivity index (χ0v) is 18.3. The molecule has 1 aliphatic rings. The average Bonchev–Trinajstić information content (AvgIpc) is 3.49. The fourth-order valence-electron chi connectivity index (χ4n) is 4.79. The summed E-state index contributed by atoms with van der Waals surface area (Å²) in [6, 6.07) is 17.6. The molecule has 1 N–H and O–H groups in total. The van der Waals surface area contributed by atoms with Gasteiger partial charge in [-0.25, -0.2) is 0 Å². The summed E-state index contributed by atoms with van der Waals surface area (Å²) < 4.78 is 16.8. The summed E-state index contributed by atoms with van der Waals surface area (Å²) in [6.45, 7) is 0.636. The molecular weight excluding hydrogens is 404 g/mol. The molecule has 6 heteroatoms. The van der Waals surface area contributed by atoms with E-state index in [9.17, 15) is 4.79 Å². The quantitative estimate of drug-likeness (QED) is 0.473. The highest BCUT2D eigenvalue weighted by Crippen LogP contribution is 2.44. The molecule has 0 fully saturated rings. The zero-order chi connectivity index (χ0) is 22.1. The van der Waals surface area contributed by atoms with Crippen LogP contribution in [-0.4, -0.2) is 36.6 Å². The number of methoxy groups -OCH3 is 2. The maximum Gasteiger partial charge on any atom is 0.223 e. The number of aryl methyl sites for hydroxylation is 1. The number of furan rings is 1. The van der Waals surface area contributed by atoms with Crippen LogP contribution in [0.4, 0.5) is 0 Å². The Morgan fingerprint density at radius 2 is 1.97 bits per heavy atom. The normalized spacial score (nSPS) is 15.6. The molecule has 0 bridgehead atoms. The van der Waals surface area contributed by atoms with Crippen molar-refractivity contribution < 1.29 is 18.7 Å². The summed E-state index contributed by atoms with van der Waals surface area (Å²) in [5.74, 6) is 2.20. The standard InChI is InChI=1S/C26H26N2O4/c1-30-22-11-5-9-20(26(22)31-2)25-24-19(18-8-3-4-10-21(18)27-24)14-15-28(25)23(29)13-12-17-7-6-16-32-17/h3-11,16,25,27H,12-15H2,1-2H3/t25-/m0/s1. The third-order valence-corrected chi connectivity index (χ3v) is 6.25. The predicted molar refractivity (Wildman–Crippen MR) is 122 cm³/mol. The second-order valence-electron chi connectivity index (χ2n) is 7.96. The minimum atomic E-state index is -0.291. The van der Waals surface area contributed by atoms with Crippen LogP contribution in [-0.2, 0) is 17.6 Å². The van der Waals surface area contributed by atoms with Gasteiger partial charge in [0.1, 0.15) is 11.8 Å². The number of hydrogen-bond donors (Lipinski definition) is 1. The van der Waals surface area contributed by atoms with Crippen molar-refractivity contribution in [3.8, 4) is 11.5 Å². The van der Waals surface area contributed by atoms with Crippen LogP contribution in [0.15, 0.2) is 65.3 Å². The van der Waals surface area contributed by atoms with Crippen LogP contribution in [0.25, 0.3) is 10.9 Å². The number of fused-ring (bicyclic) bond motifs is 3. The fourth-order valence-corrected chi connectivity index (χ4v) is 4.79. The summed E-state index contributed by atoms with van der Waals surface area (Å²) in [4.78, 5) is 19.0. The molecule has 2 aromatic carbocycles. The topological polar surface area (TPSA) is 67.7 Å². The molecule has 3 heterocycles. The molecule has 5 rings (SSSR count). The highest BCUT2D eigenvalue weighted by molar-refractivity contribution is 5.87. The van der Waals surface area contributed by atoms with E-state index >= 15 is 0 Å². The first-order valence-electron chi connectivity index (χ1n) is 10.8. The number of nitrogens with zero attached hydrogens (tertiary/aromatic N) is 1. The number of para-hydroxylation sites is 2. The molecule has 0 saturated carbocycles. The van der Waals surface area contributed by atoms with E-state index in [-0.39, 0.29) is 11.9 Å². The third-order valence-electron chi connectivity index (χ3n) is 6.25. The highest BCUT2D eigenvalue weighted by atomic mass is 16.5. The van der Waals surface area contributed by atoms with Crippen molar-refractivity contribution in [3.63, 3.8) is 0 Å². The molecule has 1 amide bonds. The van der Waals surface area contributed by atoms with Gasteiger partial charge in [-0.05, 0) is 36.2 Å². The number of aromatic amines is 1. The van der Waals surface area contributed by atoms with E-state index in [4.69, 9.17) is 13.9 Å². The van der Waals surface area contributed by atoms with Gasteiger partial charge in [-0.15, -0.1) is 0 Å². The van der Waals surface area contributed by atoms with Crippen molar-refractivity contribution >= 4 is 16.8 Å². The van der Waals surface area contributed by atoms with E-state index in [0.717, 1.165) is 29.0 Å². The van der Waals surface area contributed by atoms with Gasteiger partial charge in [0, 0.05) is 41.5 Å². The van der Waals surface area contributed by atoms with Crippen LogP contribution in [0.3, 0.4) is 0 Å².